The van der Waals surface area contributed by atoms with Crippen molar-refractivity contribution in [1.82, 2.24) is 10.2 Å². The molecular formula is C26H34Cl2N2O3. The molecule has 1 N–H and O–H groups in total. The Morgan fingerprint density at radius 1 is 0.970 bits per heavy atom. The van der Waals surface area contributed by atoms with Crippen LogP contribution in [0, 0.1) is 0 Å². The van der Waals surface area contributed by atoms with E-state index in [1.165, 1.54) is 4.90 Å². The molecule has 0 aliphatic rings. The molecule has 7 heteroatoms. The lowest BCUT2D eigenvalue weighted by Crippen LogP contribution is -2.53. The highest BCUT2D eigenvalue weighted by Crippen LogP contribution is 2.31. The summed E-state index contributed by atoms with van der Waals surface area (Å²) in [7, 11) is 0. The SMILES string of the molecule is C[C@H](C(=O)NC(C)(C)C)N(Cc1c(Cl)cccc1Cl)C(=O)COc1ccccc1C(C)(C)C. The van der Waals surface area contributed by atoms with E-state index in [1.54, 1.807) is 25.1 Å². The first-order valence-electron chi connectivity index (χ1n) is 11.0. The van der Waals surface area contributed by atoms with E-state index in [4.69, 9.17) is 27.9 Å². The first-order valence-corrected chi connectivity index (χ1v) is 11.7. The lowest BCUT2D eigenvalue weighted by atomic mass is 9.86. The van der Waals surface area contributed by atoms with Crippen LogP contribution in [0.5, 0.6) is 5.75 Å². The molecule has 0 aliphatic heterocycles. The molecule has 0 radical (unpaired) electrons. The van der Waals surface area contributed by atoms with Gasteiger partial charge in [0.15, 0.2) is 6.61 Å². The van der Waals surface area contributed by atoms with Crippen LogP contribution in [-0.2, 0) is 21.5 Å². The van der Waals surface area contributed by atoms with Gasteiger partial charge in [-0.05, 0) is 56.9 Å². The maximum atomic E-state index is 13.4. The largest absolute Gasteiger partial charge is 0.483 e. The van der Waals surface area contributed by atoms with Gasteiger partial charge in [-0.2, -0.15) is 0 Å². The second kappa shape index (κ2) is 10.8. The second-order valence-electron chi connectivity index (χ2n) is 10.2. The molecule has 0 aliphatic carbocycles. The zero-order valence-corrected chi connectivity index (χ0v) is 22.0. The summed E-state index contributed by atoms with van der Waals surface area (Å²) in [6, 6.07) is 12.0. The second-order valence-corrected chi connectivity index (χ2v) is 11.0. The Morgan fingerprint density at radius 2 is 1.55 bits per heavy atom. The molecule has 0 saturated carbocycles. The number of nitrogens with zero attached hydrogens (tertiary/aromatic N) is 1. The summed E-state index contributed by atoms with van der Waals surface area (Å²) in [6.45, 7) is 13.5. The number of hydrogen-bond donors (Lipinski definition) is 1. The summed E-state index contributed by atoms with van der Waals surface area (Å²) in [6.07, 6.45) is 0. The van der Waals surface area contributed by atoms with Gasteiger partial charge in [-0.15, -0.1) is 0 Å². The Bertz CT molecular complexity index is 974. The van der Waals surface area contributed by atoms with Crippen LogP contribution in [0.1, 0.15) is 59.6 Å². The summed E-state index contributed by atoms with van der Waals surface area (Å²) in [5.41, 5.74) is 0.992. The van der Waals surface area contributed by atoms with Crippen LogP contribution in [0.4, 0.5) is 0 Å². The van der Waals surface area contributed by atoms with Crippen LogP contribution in [0.25, 0.3) is 0 Å². The monoisotopic (exact) mass is 492 g/mol. The zero-order valence-electron chi connectivity index (χ0n) is 20.5. The van der Waals surface area contributed by atoms with Crippen molar-refractivity contribution >= 4 is 35.0 Å². The van der Waals surface area contributed by atoms with Gasteiger partial charge in [0.1, 0.15) is 11.8 Å². The molecule has 0 aromatic heterocycles. The lowest BCUT2D eigenvalue weighted by Gasteiger charge is -2.32. The Labute approximate surface area is 207 Å². The first-order chi connectivity index (χ1) is 15.2. The summed E-state index contributed by atoms with van der Waals surface area (Å²) in [5.74, 6) is 0.0289. The van der Waals surface area contributed by atoms with Crippen molar-refractivity contribution in [3.05, 3.63) is 63.6 Å². The number of amides is 2. The molecule has 5 nitrogen and oxygen atoms in total. The van der Waals surface area contributed by atoms with Crippen LogP contribution < -0.4 is 10.1 Å². The van der Waals surface area contributed by atoms with E-state index in [2.05, 4.69) is 26.1 Å². The molecule has 33 heavy (non-hydrogen) atoms. The third kappa shape index (κ3) is 7.65. The molecule has 0 spiro atoms. The van der Waals surface area contributed by atoms with Gasteiger partial charge in [0.25, 0.3) is 5.91 Å². The highest BCUT2D eigenvalue weighted by Gasteiger charge is 2.30. The quantitative estimate of drug-likeness (QED) is 0.515. The Morgan fingerprint density at radius 3 is 2.09 bits per heavy atom. The molecular weight excluding hydrogens is 459 g/mol. The topological polar surface area (TPSA) is 58.6 Å². The van der Waals surface area contributed by atoms with E-state index in [0.717, 1.165) is 5.56 Å². The average molecular weight is 493 g/mol. The molecule has 2 aromatic rings. The van der Waals surface area contributed by atoms with Crippen LogP contribution >= 0.6 is 23.2 Å². The molecule has 0 heterocycles. The lowest BCUT2D eigenvalue weighted by molar-refractivity contribution is -0.142. The van der Waals surface area contributed by atoms with Crippen molar-refractivity contribution in [3.8, 4) is 5.75 Å². The normalized spacial score (nSPS) is 12.8. The van der Waals surface area contributed by atoms with E-state index in [-0.39, 0.29) is 30.4 Å². The first kappa shape index (κ1) is 27.0. The van der Waals surface area contributed by atoms with E-state index in [0.29, 0.717) is 21.4 Å². The minimum atomic E-state index is -0.759. The van der Waals surface area contributed by atoms with E-state index < -0.39 is 11.6 Å². The summed E-state index contributed by atoms with van der Waals surface area (Å²) in [4.78, 5) is 27.7. The molecule has 2 rings (SSSR count). The molecule has 0 bridgehead atoms. The van der Waals surface area contributed by atoms with Gasteiger partial charge in [-0.3, -0.25) is 9.59 Å². The van der Waals surface area contributed by atoms with Crippen LogP contribution in [-0.4, -0.2) is 34.9 Å². The molecule has 0 unspecified atom stereocenters. The molecule has 180 valence electrons. The third-order valence-electron chi connectivity index (χ3n) is 5.10. The van der Waals surface area contributed by atoms with Gasteiger partial charge in [-0.1, -0.05) is 68.2 Å². The van der Waals surface area contributed by atoms with Crippen molar-refractivity contribution < 1.29 is 14.3 Å². The van der Waals surface area contributed by atoms with Crippen LogP contribution in [0.3, 0.4) is 0 Å². The van der Waals surface area contributed by atoms with Crippen molar-refractivity contribution in [2.45, 2.75) is 72.0 Å². The number of hydrogen-bond acceptors (Lipinski definition) is 3. The fourth-order valence-electron chi connectivity index (χ4n) is 3.34. The van der Waals surface area contributed by atoms with Gasteiger partial charge in [0.05, 0.1) is 0 Å². The fourth-order valence-corrected chi connectivity index (χ4v) is 3.86. The molecule has 0 fully saturated rings. The minimum Gasteiger partial charge on any atom is -0.483 e. The van der Waals surface area contributed by atoms with Crippen LogP contribution in [0.15, 0.2) is 42.5 Å². The zero-order chi connectivity index (χ0) is 25.0. The summed E-state index contributed by atoms with van der Waals surface area (Å²) < 4.78 is 5.95. The Kier molecular flexibility index (Phi) is 8.83. The van der Waals surface area contributed by atoms with Gasteiger partial charge in [0.2, 0.25) is 5.91 Å². The number of carbonyl (C=O) groups is 2. The number of carbonyl (C=O) groups excluding carboxylic acids is 2. The summed E-state index contributed by atoms with van der Waals surface area (Å²) >= 11 is 12.7. The maximum Gasteiger partial charge on any atom is 0.261 e. The number of ether oxygens (including phenoxy) is 1. The average Bonchev–Trinajstić information content (AvgIpc) is 2.69. The number of halogens is 2. The van der Waals surface area contributed by atoms with Crippen molar-refractivity contribution in [1.29, 1.82) is 0 Å². The van der Waals surface area contributed by atoms with Gasteiger partial charge >= 0.3 is 0 Å². The minimum absolute atomic E-state index is 0.0837. The Balaban J connectivity index is 2.31. The summed E-state index contributed by atoms with van der Waals surface area (Å²) in [5, 5.41) is 3.80. The highest BCUT2D eigenvalue weighted by atomic mass is 35.5. The fraction of sp³-hybridized carbons (Fsp3) is 0.462. The van der Waals surface area contributed by atoms with E-state index in [9.17, 15) is 9.59 Å². The standard InChI is InChI=1S/C26H34Cl2N2O3/c1-17(24(32)29-26(5,6)7)30(15-18-20(27)12-10-13-21(18)28)23(31)16-33-22-14-9-8-11-19(22)25(2,3)4/h8-14,17H,15-16H2,1-7H3,(H,29,32)/t17-/m1/s1. The molecule has 0 saturated heterocycles. The number of nitrogens with one attached hydrogen (secondary N) is 1. The molecule has 2 amide bonds. The smallest absolute Gasteiger partial charge is 0.261 e. The van der Waals surface area contributed by atoms with Gasteiger partial charge < -0.3 is 15.0 Å². The molecule has 2 aromatic carbocycles. The third-order valence-corrected chi connectivity index (χ3v) is 5.81. The number of benzene rings is 2. The van der Waals surface area contributed by atoms with Gasteiger partial charge in [-0.25, -0.2) is 0 Å². The highest BCUT2D eigenvalue weighted by molar-refractivity contribution is 6.36. The van der Waals surface area contributed by atoms with Gasteiger partial charge in [0, 0.05) is 27.7 Å². The molecule has 1 atom stereocenters. The van der Waals surface area contributed by atoms with Crippen molar-refractivity contribution in [2.75, 3.05) is 6.61 Å². The predicted octanol–water partition coefficient (Wildman–Crippen LogP) is 6.00. The number of para-hydroxylation sites is 1. The maximum absolute atomic E-state index is 13.4. The predicted molar refractivity (Wildman–Crippen MR) is 135 cm³/mol. The number of rotatable bonds is 7. The van der Waals surface area contributed by atoms with Crippen molar-refractivity contribution in [2.24, 2.45) is 0 Å². The van der Waals surface area contributed by atoms with Crippen molar-refractivity contribution in [3.63, 3.8) is 0 Å². The Hall–Kier alpha value is -2.24. The van der Waals surface area contributed by atoms with E-state index >= 15 is 0 Å². The van der Waals surface area contributed by atoms with Crippen LogP contribution in [0.2, 0.25) is 10.0 Å². The van der Waals surface area contributed by atoms with E-state index in [1.807, 2.05) is 45.0 Å².